The molecule has 4 rings (SSSR count). The molecule has 1 amide bonds. The van der Waals surface area contributed by atoms with Crippen LogP contribution < -0.4 is 21.7 Å². The molecule has 34 heavy (non-hydrogen) atoms. The number of pyridine rings is 1. The van der Waals surface area contributed by atoms with E-state index in [-0.39, 0.29) is 35.6 Å². The molecule has 0 aliphatic carbocycles. The number of aryl methyl sites for hydroxylation is 3. The van der Waals surface area contributed by atoms with Gasteiger partial charge in [-0.2, -0.15) is 0 Å². The number of nitrogens with zero attached hydrogens (tertiary/aromatic N) is 5. The Morgan fingerprint density at radius 2 is 1.59 bits per heavy atom. The van der Waals surface area contributed by atoms with E-state index in [1.165, 1.54) is 33.4 Å². The first-order chi connectivity index (χ1) is 16.2. The summed E-state index contributed by atoms with van der Waals surface area (Å²) < 4.78 is 3.76. The summed E-state index contributed by atoms with van der Waals surface area (Å²) in [6.45, 7) is 10.4. The highest BCUT2D eigenvalue weighted by Crippen LogP contribution is 2.24. The first-order valence-electron chi connectivity index (χ1n) is 11.7. The Bertz CT molecular complexity index is 1460. The van der Waals surface area contributed by atoms with Crippen LogP contribution in [-0.4, -0.2) is 50.7 Å². The number of anilines is 1. The molecule has 9 nitrogen and oxygen atoms in total. The van der Waals surface area contributed by atoms with Crippen LogP contribution in [0.2, 0.25) is 0 Å². The van der Waals surface area contributed by atoms with Gasteiger partial charge in [0.2, 0.25) is 0 Å². The van der Waals surface area contributed by atoms with Crippen LogP contribution in [0.15, 0.2) is 38.6 Å². The Morgan fingerprint density at radius 1 is 0.941 bits per heavy atom. The molecule has 0 radical (unpaired) electrons. The molecule has 2 aromatic heterocycles. The molecule has 0 bridgehead atoms. The fraction of sp³-hybridized carbons (Fsp3) is 0.440. The van der Waals surface area contributed by atoms with Gasteiger partial charge in [0, 0.05) is 58.1 Å². The maximum absolute atomic E-state index is 13.6. The average molecular weight is 466 g/mol. The summed E-state index contributed by atoms with van der Waals surface area (Å²) in [6.07, 6.45) is 0. The molecule has 1 aromatic carbocycles. The molecule has 180 valence electrons. The van der Waals surface area contributed by atoms with Crippen LogP contribution in [0.4, 0.5) is 5.69 Å². The molecule has 0 spiro atoms. The number of carbonyl (C=O) groups is 1. The first-order valence-corrected chi connectivity index (χ1v) is 11.7. The van der Waals surface area contributed by atoms with E-state index in [2.05, 4.69) is 30.9 Å². The third kappa shape index (κ3) is 3.65. The molecule has 0 saturated carbocycles. The van der Waals surface area contributed by atoms with Gasteiger partial charge in [0.1, 0.15) is 5.65 Å². The number of aromatic nitrogens is 3. The molecule has 1 saturated heterocycles. The minimum Gasteiger partial charge on any atom is -0.368 e. The Hall–Kier alpha value is -3.62. The van der Waals surface area contributed by atoms with Gasteiger partial charge in [0.05, 0.1) is 10.9 Å². The van der Waals surface area contributed by atoms with Crippen LogP contribution in [0.5, 0.6) is 0 Å². The van der Waals surface area contributed by atoms with Gasteiger partial charge in [-0.05, 0) is 44.9 Å². The number of rotatable bonds is 4. The molecule has 0 unspecified atom stereocenters. The molecule has 1 aliphatic rings. The largest absolute Gasteiger partial charge is 0.368 e. The van der Waals surface area contributed by atoms with E-state index in [1.54, 1.807) is 18.7 Å². The van der Waals surface area contributed by atoms with Crippen molar-refractivity contribution in [1.29, 1.82) is 0 Å². The molecular weight excluding hydrogens is 434 g/mol. The predicted octanol–water partition coefficient (Wildman–Crippen LogP) is 1.48. The lowest BCUT2D eigenvalue weighted by Crippen LogP contribution is -2.49. The number of hydrogen-bond acceptors (Lipinski definition) is 5. The quantitative estimate of drug-likeness (QED) is 0.582. The monoisotopic (exact) mass is 465 g/mol. The molecular formula is C25H31N5O4. The lowest BCUT2D eigenvalue weighted by atomic mass is 10.1. The molecule has 1 fully saturated rings. The highest BCUT2D eigenvalue weighted by molar-refractivity contribution is 6.05. The van der Waals surface area contributed by atoms with Gasteiger partial charge in [-0.3, -0.25) is 28.1 Å². The number of fused-ring (bicyclic) bond motifs is 1. The summed E-state index contributed by atoms with van der Waals surface area (Å²) >= 11 is 0. The summed E-state index contributed by atoms with van der Waals surface area (Å²) in [5.74, 6) is -0.357. The van der Waals surface area contributed by atoms with Crippen molar-refractivity contribution in [3.05, 3.63) is 72.1 Å². The van der Waals surface area contributed by atoms with Crippen molar-refractivity contribution in [2.45, 2.75) is 40.8 Å². The van der Waals surface area contributed by atoms with Crippen molar-refractivity contribution in [1.82, 2.24) is 18.6 Å². The Kier molecular flexibility index (Phi) is 6.20. The smallest absolute Gasteiger partial charge is 0.332 e. The zero-order valence-corrected chi connectivity index (χ0v) is 20.4. The van der Waals surface area contributed by atoms with Crippen molar-refractivity contribution < 1.29 is 4.79 Å². The lowest BCUT2D eigenvalue weighted by Gasteiger charge is -2.37. The SMILES string of the molecule is CCn1c(=O)c2c(C(=O)N3CCN(c4cccc(C)c4C)CC3)cc(=O)n(CC)c2n(C)c1=O. The fourth-order valence-electron chi connectivity index (χ4n) is 4.84. The summed E-state index contributed by atoms with van der Waals surface area (Å²) in [4.78, 5) is 56.4. The Labute approximate surface area is 197 Å². The minimum atomic E-state index is -0.542. The van der Waals surface area contributed by atoms with Crippen molar-refractivity contribution in [2.75, 3.05) is 31.1 Å². The van der Waals surface area contributed by atoms with Gasteiger partial charge in [0.25, 0.3) is 17.0 Å². The van der Waals surface area contributed by atoms with Gasteiger partial charge in [-0.25, -0.2) is 4.79 Å². The number of amides is 1. The van der Waals surface area contributed by atoms with Crippen molar-refractivity contribution in [2.24, 2.45) is 7.05 Å². The molecule has 0 atom stereocenters. The van der Waals surface area contributed by atoms with E-state index in [4.69, 9.17) is 0 Å². The van der Waals surface area contributed by atoms with Crippen LogP contribution in [-0.2, 0) is 20.1 Å². The highest BCUT2D eigenvalue weighted by Gasteiger charge is 2.28. The maximum Gasteiger partial charge on any atom is 0.332 e. The highest BCUT2D eigenvalue weighted by atomic mass is 16.2. The second kappa shape index (κ2) is 8.96. The maximum atomic E-state index is 13.6. The number of carbonyl (C=O) groups excluding carboxylic acids is 1. The van der Waals surface area contributed by atoms with Gasteiger partial charge in [0.15, 0.2) is 0 Å². The van der Waals surface area contributed by atoms with Gasteiger partial charge in [-0.1, -0.05) is 12.1 Å². The Morgan fingerprint density at radius 3 is 2.21 bits per heavy atom. The van der Waals surface area contributed by atoms with Crippen LogP contribution in [0.25, 0.3) is 11.0 Å². The molecule has 1 aliphatic heterocycles. The second-order valence-corrected chi connectivity index (χ2v) is 8.73. The lowest BCUT2D eigenvalue weighted by molar-refractivity contribution is 0.0748. The second-order valence-electron chi connectivity index (χ2n) is 8.73. The normalized spacial score (nSPS) is 14.1. The fourth-order valence-corrected chi connectivity index (χ4v) is 4.84. The van der Waals surface area contributed by atoms with Crippen molar-refractivity contribution >= 4 is 22.6 Å². The standard InChI is InChI=1S/C25H31N5O4/c1-6-29-20(31)15-18(21-22(29)26(5)25(34)30(7-2)24(21)33)23(32)28-13-11-27(12-14-28)19-10-8-9-16(3)17(19)4/h8-10,15H,6-7,11-14H2,1-5H3. The molecule has 3 aromatic rings. The van der Waals surface area contributed by atoms with Crippen LogP contribution in [0.1, 0.15) is 35.3 Å². The van der Waals surface area contributed by atoms with E-state index in [0.29, 0.717) is 26.2 Å². The van der Waals surface area contributed by atoms with Gasteiger partial charge in [-0.15, -0.1) is 0 Å². The van der Waals surface area contributed by atoms with Crippen LogP contribution >= 0.6 is 0 Å². The Balaban J connectivity index is 1.76. The summed E-state index contributed by atoms with van der Waals surface area (Å²) in [7, 11) is 1.53. The number of hydrogen-bond donors (Lipinski definition) is 0. The summed E-state index contributed by atoms with van der Waals surface area (Å²) in [5.41, 5.74) is 2.39. The van der Waals surface area contributed by atoms with Crippen molar-refractivity contribution in [3.63, 3.8) is 0 Å². The third-order valence-corrected chi connectivity index (χ3v) is 6.92. The topological polar surface area (TPSA) is 89.6 Å². The molecule has 3 heterocycles. The van der Waals surface area contributed by atoms with E-state index in [1.807, 2.05) is 6.07 Å². The minimum absolute atomic E-state index is 0.0627. The van der Waals surface area contributed by atoms with E-state index < -0.39 is 16.8 Å². The first kappa shape index (κ1) is 23.5. The average Bonchev–Trinajstić information content (AvgIpc) is 2.83. The predicted molar refractivity (Wildman–Crippen MR) is 133 cm³/mol. The van der Waals surface area contributed by atoms with Crippen molar-refractivity contribution in [3.8, 4) is 0 Å². The summed E-state index contributed by atoms with van der Waals surface area (Å²) in [5, 5.41) is 0.118. The van der Waals surface area contributed by atoms with Crippen LogP contribution in [0.3, 0.4) is 0 Å². The van der Waals surface area contributed by atoms with Crippen LogP contribution in [0, 0.1) is 13.8 Å². The van der Waals surface area contributed by atoms with E-state index in [0.717, 1.165) is 10.3 Å². The van der Waals surface area contributed by atoms with Gasteiger partial charge < -0.3 is 9.80 Å². The van der Waals surface area contributed by atoms with Gasteiger partial charge >= 0.3 is 5.69 Å². The summed E-state index contributed by atoms with van der Waals surface area (Å²) in [6, 6.07) is 7.45. The number of piperazine rings is 1. The van der Waals surface area contributed by atoms with E-state index >= 15 is 0 Å². The molecule has 9 heteroatoms. The zero-order valence-electron chi connectivity index (χ0n) is 20.4. The molecule has 0 N–H and O–H groups in total. The zero-order chi connectivity index (χ0) is 24.7. The number of benzene rings is 1. The third-order valence-electron chi connectivity index (χ3n) is 6.92. The van der Waals surface area contributed by atoms with E-state index in [9.17, 15) is 19.2 Å².